The highest BCUT2D eigenvalue weighted by Gasteiger charge is 2.15. The van der Waals surface area contributed by atoms with Crippen LogP contribution in [0, 0.1) is 9.39 Å². The lowest BCUT2D eigenvalue weighted by atomic mass is 10.2. The SMILES string of the molecule is CC(O)Cn1cnc2c(c(Nc3ccc(I)cc3F)cc(=O)n2C)c1=O. The summed E-state index contributed by atoms with van der Waals surface area (Å²) in [7, 11) is 1.51. The van der Waals surface area contributed by atoms with Gasteiger partial charge in [-0.15, -0.1) is 0 Å². The van der Waals surface area contributed by atoms with Crippen molar-refractivity contribution in [2.45, 2.75) is 19.6 Å². The lowest BCUT2D eigenvalue weighted by Gasteiger charge is -2.14. The Labute approximate surface area is 161 Å². The lowest BCUT2D eigenvalue weighted by molar-refractivity contribution is 0.172. The summed E-state index contributed by atoms with van der Waals surface area (Å²) in [6.45, 7) is 1.61. The molecule has 0 aliphatic carbocycles. The molecule has 9 heteroatoms. The molecule has 3 aromatic rings. The number of aliphatic hydroxyl groups excluding tert-OH is 1. The first-order chi connectivity index (χ1) is 12.3. The first-order valence-corrected chi connectivity index (χ1v) is 8.85. The van der Waals surface area contributed by atoms with Gasteiger partial charge < -0.3 is 10.4 Å². The molecule has 1 unspecified atom stereocenters. The average Bonchev–Trinajstić information content (AvgIpc) is 2.56. The molecule has 136 valence electrons. The topological polar surface area (TPSA) is 89.2 Å². The van der Waals surface area contributed by atoms with E-state index in [0.717, 1.165) is 3.57 Å². The molecule has 3 rings (SSSR count). The summed E-state index contributed by atoms with van der Waals surface area (Å²) in [4.78, 5) is 29.2. The summed E-state index contributed by atoms with van der Waals surface area (Å²) >= 11 is 1.99. The van der Waals surface area contributed by atoms with Gasteiger partial charge in [0.1, 0.15) is 11.2 Å². The summed E-state index contributed by atoms with van der Waals surface area (Å²) in [5, 5.41) is 12.5. The van der Waals surface area contributed by atoms with E-state index in [2.05, 4.69) is 10.3 Å². The monoisotopic (exact) mass is 470 g/mol. The number of benzene rings is 1. The molecule has 0 fully saturated rings. The summed E-state index contributed by atoms with van der Waals surface area (Å²) < 4.78 is 17.4. The van der Waals surface area contributed by atoms with Crippen LogP contribution in [0.4, 0.5) is 15.8 Å². The number of anilines is 2. The zero-order valence-corrected chi connectivity index (χ0v) is 16.2. The van der Waals surface area contributed by atoms with E-state index in [4.69, 9.17) is 0 Å². The predicted octanol–water partition coefficient (Wildman–Crippen LogP) is 1.96. The molecule has 2 aromatic heterocycles. The van der Waals surface area contributed by atoms with Crippen molar-refractivity contribution in [1.29, 1.82) is 0 Å². The van der Waals surface area contributed by atoms with E-state index < -0.39 is 17.5 Å². The minimum absolute atomic E-state index is 0.0575. The fraction of sp³-hybridized carbons (Fsp3) is 0.235. The summed E-state index contributed by atoms with van der Waals surface area (Å²) in [6, 6.07) is 5.82. The van der Waals surface area contributed by atoms with Crippen molar-refractivity contribution in [3.05, 3.63) is 60.7 Å². The average molecular weight is 470 g/mol. The molecule has 0 bridgehead atoms. The van der Waals surface area contributed by atoms with Gasteiger partial charge in [-0.1, -0.05) is 0 Å². The first-order valence-electron chi connectivity index (χ1n) is 7.77. The molecular weight excluding hydrogens is 454 g/mol. The van der Waals surface area contributed by atoms with Gasteiger partial charge in [-0.25, -0.2) is 9.37 Å². The van der Waals surface area contributed by atoms with Gasteiger partial charge in [-0.05, 0) is 47.7 Å². The molecule has 1 aromatic carbocycles. The molecule has 0 spiro atoms. The summed E-state index contributed by atoms with van der Waals surface area (Å²) in [6.07, 6.45) is 0.538. The zero-order chi connectivity index (χ0) is 19.0. The van der Waals surface area contributed by atoms with Crippen LogP contribution in [-0.2, 0) is 13.6 Å². The van der Waals surface area contributed by atoms with Crippen LogP contribution in [0.3, 0.4) is 0 Å². The highest BCUT2D eigenvalue weighted by Crippen LogP contribution is 2.24. The Hall–Kier alpha value is -2.27. The first kappa shape index (κ1) is 18.5. The number of pyridine rings is 1. The molecule has 26 heavy (non-hydrogen) atoms. The number of hydrogen-bond donors (Lipinski definition) is 2. The molecule has 0 radical (unpaired) electrons. The molecular formula is C17H16FIN4O3. The standard InChI is InChI=1S/C17H16FIN4O3/c1-9(24)7-23-8-20-16-15(17(23)26)13(6-14(25)22(16)2)21-12-4-3-10(19)5-11(12)18/h3-6,8-9,21,24H,7H2,1-2H3. The van der Waals surface area contributed by atoms with Crippen molar-refractivity contribution in [3.8, 4) is 0 Å². The maximum Gasteiger partial charge on any atom is 0.264 e. The predicted molar refractivity (Wildman–Crippen MR) is 105 cm³/mol. The molecule has 0 saturated heterocycles. The number of aliphatic hydroxyl groups is 1. The van der Waals surface area contributed by atoms with E-state index >= 15 is 0 Å². The van der Waals surface area contributed by atoms with Gasteiger partial charge in [0.05, 0.1) is 30.4 Å². The third-order valence-electron chi connectivity index (χ3n) is 3.86. The Morgan fingerprint density at radius 1 is 1.31 bits per heavy atom. The van der Waals surface area contributed by atoms with Crippen molar-refractivity contribution >= 4 is 45.0 Å². The third-order valence-corrected chi connectivity index (χ3v) is 4.54. The van der Waals surface area contributed by atoms with Gasteiger partial charge in [0, 0.05) is 16.7 Å². The fourth-order valence-electron chi connectivity index (χ4n) is 2.62. The van der Waals surface area contributed by atoms with Crippen molar-refractivity contribution in [1.82, 2.24) is 14.1 Å². The van der Waals surface area contributed by atoms with Gasteiger partial charge >= 0.3 is 0 Å². The van der Waals surface area contributed by atoms with Crippen molar-refractivity contribution in [2.24, 2.45) is 7.05 Å². The van der Waals surface area contributed by atoms with Gasteiger partial charge in [0.15, 0.2) is 5.65 Å². The number of halogens is 2. The number of nitrogens with zero attached hydrogens (tertiary/aromatic N) is 3. The maximum atomic E-state index is 14.2. The fourth-order valence-corrected chi connectivity index (χ4v) is 3.07. The Morgan fingerprint density at radius 2 is 2.04 bits per heavy atom. The quantitative estimate of drug-likeness (QED) is 0.570. The van der Waals surface area contributed by atoms with Gasteiger partial charge in [0.2, 0.25) is 0 Å². The van der Waals surface area contributed by atoms with E-state index in [1.54, 1.807) is 13.0 Å². The minimum atomic E-state index is -0.746. The van der Waals surface area contributed by atoms with E-state index in [1.165, 1.54) is 40.7 Å². The molecule has 2 N–H and O–H groups in total. The van der Waals surface area contributed by atoms with Crippen LogP contribution in [0.15, 0.2) is 40.2 Å². The Bertz CT molecular complexity index is 1110. The van der Waals surface area contributed by atoms with E-state index in [-0.39, 0.29) is 34.5 Å². The number of aromatic nitrogens is 3. The summed E-state index contributed by atoms with van der Waals surface area (Å²) in [5.74, 6) is -0.501. The van der Waals surface area contributed by atoms with E-state index in [1.807, 2.05) is 22.6 Å². The largest absolute Gasteiger partial charge is 0.392 e. The highest BCUT2D eigenvalue weighted by molar-refractivity contribution is 14.1. The van der Waals surface area contributed by atoms with Crippen LogP contribution >= 0.6 is 22.6 Å². The Kier molecular flexibility index (Phi) is 5.10. The second-order valence-corrected chi connectivity index (χ2v) is 7.20. The molecule has 0 aliphatic rings. The second kappa shape index (κ2) is 7.16. The van der Waals surface area contributed by atoms with Crippen molar-refractivity contribution in [2.75, 3.05) is 5.32 Å². The second-order valence-electron chi connectivity index (χ2n) is 5.95. The Balaban J connectivity index is 2.25. The van der Waals surface area contributed by atoms with Crippen LogP contribution in [0.5, 0.6) is 0 Å². The van der Waals surface area contributed by atoms with E-state index in [0.29, 0.717) is 0 Å². The molecule has 1 atom stereocenters. The number of aryl methyl sites for hydroxylation is 1. The molecule has 0 aliphatic heterocycles. The normalized spacial score (nSPS) is 12.3. The molecule has 0 amide bonds. The van der Waals surface area contributed by atoms with Crippen LogP contribution in [0.1, 0.15) is 6.92 Å². The van der Waals surface area contributed by atoms with Crippen LogP contribution in [0.2, 0.25) is 0 Å². The lowest BCUT2D eigenvalue weighted by Crippen LogP contribution is -2.29. The maximum absolute atomic E-state index is 14.2. The van der Waals surface area contributed by atoms with Crippen LogP contribution in [0.25, 0.3) is 11.0 Å². The van der Waals surface area contributed by atoms with Crippen molar-refractivity contribution < 1.29 is 9.50 Å². The smallest absolute Gasteiger partial charge is 0.264 e. The molecule has 0 saturated carbocycles. The number of rotatable bonds is 4. The van der Waals surface area contributed by atoms with Gasteiger partial charge in [-0.2, -0.15) is 0 Å². The molecule has 2 heterocycles. The number of fused-ring (bicyclic) bond motifs is 1. The third kappa shape index (κ3) is 3.49. The van der Waals surface area contributed by atoms with E-state index in [9.17, 15) is 19.1 Å². The number of hydrogen-bond acceptors (Lipinski definition) is 5. The highest BCUT2D eigenvalue weighted by atomic mass is 127. The number of nitrogens with one attached hydrogen (secondary N) is 1. The minimum Gasteiger partial charge on any atom is -0.392 e. The van der Waals surface area contributed by atoms with Crippen molar-refractivity contribution in [3.63, 3.8) is 0 Å². The van der Waals surface area contributed by atoms with Gasteiger partial charge in [0.25, 0.3) is 11.1 Å². The van der Waals surface area contributed by atoms with Crippen LogP contribution in [-0.4, -0.2) is 25.3 Å². The van der Waals surface area contributed by atoms with Gasteiger partial charge in [-0.3, -0.25) is 18.7 Å². The molecule has 7 nitrogen and oxygen atoms in total. The Morgan fingerprint density at radius 3 is 2.69 bits per heavy atom. The van der Waals surface area contributed by atoms with Crippen LogP contribution < -0.4 is 16.4 Å². The summed E-state index contributed by atoms with van der Waals surface area (Å²) in [5.41, 5.74) is -0.324. The zero-order valence-electron chi connectivity index (χ0n) is 14.0.